The standard InChI is InChI=1S/C58H51N/c1-57(2,3)44-37-45(58(4,5)6)39-46(38-44)59(53-35-15-13-29-49(53)51-33-19-27-42-25-17-31-47(55(42)51)40-21-9-7-10-22-40)54-36-16-14-30-50(54)52-34-20-28-43-26-18-32-48(56(43)52)41-23-11-8-12-24-41/h7-39H,1-6H3. The summed E-state index contributed by atoms with van der Waals surface area (Å²) in [5, 5.41) is 4.95. The molecule has 0 N–H and O–H groups in total. The van der Waals surface area contributed by atoms with E-state index in [-0.39, 0.29) is 10.8 Å². The van der Waals surface area contributed by atoms with E-state index in [4.69, 9.17) is 0 Å². The molecule has 0 aliphatic carbocycles. The molecular weight excluding hydrogens is 711 g/mol. The van der Waals surface area contributed by atoms with Crippen LogP contribution in [0.2, 0.25) is 0 Å². The monoisotopic (exact) mass is 761 g/mol. The highest BCUT2D eigenvalue weighted by atomic mass is 15.1. The maximum Gasteiger partial charge on any atom is 0.0540 e. The van der Waals surface area contributed by atoms with E-state index in [1.165, 1.54) is 77.2 Å². The van der Waals surface area contributed by atoms with Gasteiger partial charge in [-0.1, -0.05) is 217 Å². The summed E-state index contributed by atoms with van der Waals surface area (Å²) in [5.41, 5.74) is 15.6. The lowest BCUT2D eigenvalue weighted by atomic mass is 9.80. The lowest BCUT2D eigenvalue weighted by Gasteiger charge is -2.33. The van der Waals surface area contributed by atoms with Crippen molar-refractivity contribution in [2.45, 2.75) is 52.4 Å². The lowest BCUT2D eigenvalue weighted by molar-refractivity contribution is 0.569. The average molecular weight is 762 g/mol. The number of rotatable bonds is 7. The zero-order valence-corrected chi connectivity index (χ0v) is 35.0. The molecule has 0 fully saturated rings. The van der Waals surface area contributed by atoms with Crippen LogP contribution >= 0.6 is 0 Å². The van der Waals surface area contributed by atoms with Gasteiger partial charge in [0.05, 0.1) is 11.4 Å². The molecule has 9 rings (SSSR count). The third-order valence-electron chi connectivity index (χ3n) is 11.8. The van der Waals surface area contributed by atoms with Crippen molar-refractivity contribution < 1.29 is 0 Å². The van der Waals surface area contributed by atoms with Crippen molar-refractivity contribution in [3.8, 4) is 44.5 Å². The minimum absolute atomic E-state index is 0.0683. The Hall–Kier alpha value is -6.70. The topological polar surface area (TPSA) is 3.24 Å². The quantitative estimate of drug-likeness (QED) is 0.156. The molecule has 0 radical (unpaired) electrons. The average Bonchev–Trinajstić information content (AvgIpc) is 3.26. The number of benzene rings is 9. The predicted octanol–water partition coefficient (Wildman–Crippen LogP) is 16.7. The third-order valence-corrected chi connectivity index (χ3v) is 11.8. The van der Waals surface area contributed by atoms with E-state index in [0.717, 1.165) is 17.1 Å². The molecule has 0 aliphatic rings. The number of para-hydroxylation sites is 2. The second-order valence-electron chi connectivity index (χ2n) is 17.8. The van der Waals surface area contributed by atoms with Gasteiger partial charge < -0.3 is 4.90 Å². The Balaban J connectivity index is 1.38. The van der Waals surface area contributed by atoms with Crippen LogP contribution in [0.5, 0.6) is 0 Å². The summed E-state index contributed by atoms with van der Waals surface area (Å²) in [5.74, 6) is 0. The van der Waals surface area contributed by atoms with Crippen LogP contribution in [0.1, 0.15) is 52.7 Å². The first-order valence-electron chi connectivity index (χ1n) is 20.9. The molecule has 1 heteroatoms. The maximum atomic E-state index is 2.54. The highest BCUT2D eigenvalue weighted by Gasteiger charge is 2.27. The molecule has 0 atom stereocenters. The number of fused-ring (bicyclic) bond motifs is 2. The fourth-order valence-electron chi connectivity index (χ4n) is 8.65. The molecule has 288 valence electrons. The van der Waals surface area contributed by atoms with Crippen molar-refractivity contribution in [3.63, 3.8) is 0 Å². The molecule has 0 spiro atoms. The summed E-state index contributed by atoms with van der Waals surface area (Å²) in [6.07, 6.45) is 0. The molecule has 9 aromatic rings. The highest BCUT2D eigenvalue weighted by molar-refractivity contribution is 6.11. The Morgan fingerprint density at radius 1 is 0.305 bits per heavy atom. The van der Waals surface area contributed by atoms with Gasteiger partial charge in [0.1, 0.15) is 0 Å². The van der Waals surface area contributed by atoms with Crippen LogP contribution in [-0.4, -0.2) is 0 Å². The van der Waals surface area contributed by atoms with Gasteiger partial charge in [-0.25, -0.2) is 0 Å². The first-order chi connectivity index (χ1) is 28.6. The van der Waals surface area contributed by atoms with Crippen LogP contribution in [0.3, 0.4) is 0 Å². The highest BCUT2D eigenvalue weighted by Crippen LogP contribution is 2.49. The number of hydrogen-bond acceptors (Lipinski definition) is 1. The first-order valence-corrected chi connectivity index (χ1v) is 20.9. The molecule has 9 aromatic carbocycles. The molecule has 1 nitrogen and oxygen atoms in total. The zero-order valence-electron chi connectivity index (χ0n) is 35.0. The number of nitrogens with zero attached hydrogens (tertiary/aromatic N) is 1. The van der Waals surface area contributed by atoms with Gasteiger partial charge >= 0.3 is 0 Å². The first kappa shape index (κ1) is 37.9. The van der Waals surface area contributed by atoms with E-state index < -0.39 is 0 Å². The van der Waals surface area contributed by atoms with E-state index in [1.807, 2.05) is 0 Å². The Morgan fingerprint density at radius 2 is 0.644 bits per heavy atom. The minimum Gasteiger partial charge on any atom is -0.309 e. The van der Waals surface area contributed by atoms with Gasteiger partial charge in [0.2, 0.25) is 0 Å². The van der Waals surface area contributed by atoms with Crippen molar-refractivity contribution in [1.82, 2.24) is 0 Å². The maximum absolute atomic E-state index is 2.54. The third kappa shape index (κ3) is 7.23. The zero-order chi connectivity index (χ0) is 40.7. The largest absolute Gasteiger partial charge is 0.309 e. The van der Waals surface area contributed by atoms with Crippen LogP contribution in [0, 0.1) is 0 Å². The van der Waals surface area contributed by atoms with Gasteiger partial charge in [0.15, 0.2) is 0 Å². The molecule has 0 saturated carbocycles. The van der Waals surface area contributed by atoms with Gasteiger partial charge in [-0.05, 0) is 101 Å². The van der Waals surface area contributed by atoms with Crippen LogP contribution in [0.4, 0.5) is 17.1 Å². The Kier molecular flexibility index (Phi) is 9.77. The Labute approximate surface area is 350 Å². The van der Waals surface area contributed by atoms with E-state index in [9.17, 15) is 0 Å². The summed E-state index contributed by atoms with van der Waals surface area (Å²) < 4.78 is 0. The second kappa shape index (κ2) is 15.2. The SMILES string of the molecule is CC(C)(C)c1cc(N(c2ccccc2-c2cccc3cccc(-c4ccccc4)c23)c2ccccc2-c2cccc3cccc(-c4ccccc4)c23)cc(C(C)(C)C)c1. The number of hydrogen-bond donors (Lipinski definition) is 0. The van der Waals surface area contributed by atoms with E-state index in [2.05, 4.69) is 247 Å². The van der Waals surface area contributed by atoms with Gasteiger partial charge in [0.25, 0.3) is 0 Å². The molecular formula is C58H51N. The molecule has 0 heterocycles. The molecule has 0 unspecified atom stereocenters. The summed E-state index contributed by atoms with van der Waals surface area (Å²) in [6, 6.07) is 73.8. The Morgan fingerprint density at radius 3 is 1.03 bits per heavy atom. The van der Waals surface area contributed by atoms with E-state index >= 15 is 0 Å². The van der Waals surface area contributed by atoms with Crippen molar-refractivity contribution in [1.29, 1.82) is 0 Å². The van der Waals surface area contributed by atoms with Crippen molar-refractivity contribution >= 4 is 38.6 Å². The molecule has 0 aliphatic heterocycles. The van der Waals surface area contributed by atoms with E-state index in [0.29, 0.717) is 0 Å². The van der Waals surface area contributed by atoms with Crippen molar-refractivity contribution in [2.24, 2.45) is 0 Å². The molecule has 0 amide bonds. The second-order valence-corrected chi connectivity index (χ2v) is 17.8. The summed E-state index contributed by atoms with van der Waals surface area (Å²) >= 11 is 0. The van der Waals surface area contributed by atoms with Crippen molar-refractivity contribution in [3.05, 3.63) is 211 Å². The number of anilines is 3. The van der Waals surface area contributed by atoms with Gasteiger partial charge in [0, 0.05) is 16.8 Å². The van der Waals surface area contributed by atoms with Crippen LogP contribution in [0.15, 0.2) is 200 Å². The minimum atomic E-state index is -0.0683. The smallest absolute Gasteiger partial charge is 0.0540 e. The summed E-state index contributed by atoms with van der Waals surface area (Å²) in [4.78, 5) is 2.54. The fraction of sp³-hybridized carbons (Fsp3) is 0.138. The Bertz CT molecular complexity index is 2730. The summed E-state index contributed by atoms with van der Waals surface area (Å²) in [7, 11) is 0. The molecule has 0 saturated heterocycles. The normalized spacial score (nSPS) is 11.9. The van der Waals surface area contributed by atoms with Crippen LogP contribution in [0.25, 0.3) is 66.1 Å². The van der Waals surface area contributed by atoms with Gasteiger partial charge in [-0.3, -0.25) is 0 Å². The van der Waals surface area contributed by atoms with E-state index in [1.54, 1.807) is 0 Å². The molecule has 0 aromatic heterocycles. The summed E-state index contributed by atoms with van der Waals surface area (Å²) in [6.45, 7) is 14.0. The lowest BCUT2D eigenvalue weighted by Crippen LogP contribution is -2.19. The van der Waals surface area contributed by atoms with Crippen LogP contribution < -0.4 is 4.90 Å². The van der Waals surface area contributed by atoms with Gasteiger partial charge in [-0.15, -0.1) is 0 Å². The predicted molar refractivity (Wildman–Crippen MR) is 255 cm³/mol. The fourth-order valence-corrected chi connectivity index (χ4v) is 8.65. The van der Waals surface area contributed by atoms with Gasteiger partial charge in [-0.2, -0.15) is 0 Å². The van der Waals surface area contributed by atoms with Crippen molar-refractivity contribution in [2.75, 3.05) is 4.90 Å². The van der Waals surface area contributed by atoms with Crippen LogP contribution in [-0.2, 0) is 10.8 Å². The molecule has 59 heavy (non-hydrogen) atoms. The molecule has 0 bridgehead atoms.